The average molecular weight is 351 g/mol. The van der Waals surface area contributed by atoms with Crippen LogP contribution in [-0.4, -0.2) is 61.3 Å². The van der Waals surface area contributed by atoms with E-state index in [2.05, 4.69) is 10.2 Å². The molecule has 1 aromatic rings. The van der Waals surface area contributed by atoms with E-state index in [0.717, 1.165) is 51.1 Å². The zero-order chi connectivity index (χ0) is 18.1. The first-order chi connectivity index (χ1) is 12.0. The van der Waals surface area contributed by atoms with Crippen LogP contribution >= 0.6 is 0 Å². The number of nitrogens with one attached hydrogen (secondary N) is 1. The summed E-state index contributed by atoms with van der Waals surface area (Å²) in [5, 5.41) is 2.97. The Morgan fingerprint density at radius 3 is 2.68 bits per heavy atom. The summed E-state index contributed by atoms with van der Waals surface area (Å²) in [6.45, 7) is 9.39. The fourth-order valence-corrected chi connectivity index (χ4v) is 2.88. The number of nitrogens with zero attached hydrogens (tertiary/aromatic N) is 2. The maximum atomic E-state index is 13.0. The Kier molecular flexibility index (Phi) is 8.15. The summed E-state index contributed by atoms with van der Waals surface area (Å²) in [5.74, 6) is -0.207. The first-order valence-electron chi connectivity index (χ1n) is 9.16. The van der Waals surface area contributed by atoms with E-state index in [1.165, 1.54) is 12.1 Å². The van der Waals surface area contributed by atoms with E-state index < -0.39 is 0 Å². The molecule has 0 saturated carbocycles. The summed E-state index contributed by atoms with van der Waals surface area (Å²) in [5.41, 5.74) is 1.10. The lowest BCUT2D eigenvalue weighted by atomic mass is 10.2. The molecule has 6 heteroatoms. The molecule has 2 rings (SSSR count). The van der Waals surface area contributed by atoms with Gasteiger partial charge in [0, 0.05) is 45.9 Å². The SMILES string of the molecule is CC(C)OCCCNC(=O)N1CCCN(Cc2ccc(F)cc2)CC1. The summed E-state index contributed by atoms with van der Waals surface area (Å²) >= 11 is 0. The molecule has 25 heavy (non-hydrogen) atoms. The standard InChI is InChI=1S/C19H30FN3O2/c1-16(2)25-14-3-9-21-19(24)23-11-4-10-22(12-13-23)15-17-5-7-18(20)8-6-17/h5-8,16H,3-4,9-15H2,1-2H3,(H,21,24). The number of amides is 2. The molecule has 1 saturated heterocycles. The van der Waals surface area contributed by atoms with Gasteiger partial charge < -0.3 is 15.0 Å². The van der Waals surface area contributed by atoms with Crippen molar-refractivity contribution < 1.29 is 13.9 Å². The highest BCUT2D eigenvalue weighted by molar-refractivity contribution is 5.74. The highest BCUT2D eigenvalue weighted by Gasteiger charge is 2.18. The van der Waals surface area contributed by atoms with Crippen molar-refractivity contribution in [2.75, 3.05) is 39.3 Å². The molecular formula is C19H30FN3O2. The van der Waals surface area contributed by atoms with Gasteiger partial charge in [0.2, 0.25) is 0 Å². The molecule has 0 spiro atoms. The predicted octanol–water partition coefficient (Wildman–Crippen LogP) is 2.86. The lowest BCUT2D eigenvalue weighted by Crippen LogP contribution is -2.42. The van der Waals surface area contributed by atoms with Gasteiger partial charge in [0.15, 0.2) is 0 Å². The fraction of sp³-hybridized carbons (Fsp3) is 0.632. The Bertz CT molecular complexity index is 522. The van der Waals surface area contributed by atoms with Crippen molar-refractivity contribution in [1.82, 2.24) is 15.1 Å². The first-order valence-corrected chi connectivity index (χ1v) is 9.16. The molecule has 0 unspecified atom stereocenters. The second-order valence-electron chi connectivity index (χ2n) is 6.75. The summed E-state index contributed by atoms with van der Waals surface area (Å²) in [6.07, 6.45) is 2.01. The molecule has 0 atom stereocenters. The van der Waals surface area contributed by atoms with Gasteiger partial charge in [0.05, 0.1) is 6.10 Å². The van der Waals surface area contributed by atoms with Crippen LogP contribution in [0, 0.1) is 5.82 Å². The van der Waals surface area contributed by atoms with Gasteiger partial charge >= 0.3 is 6.03 Å². The smallest absolute Gasteiger partial charge is 0.317 e. The lowest BCUT2D eigenvalue weighted by molar-refractivity contribution is 0.0771. The summed E-state index contributed by atoms with van der Waals surface area (Å²) in [4.78, 5) is 16.5. The van der Waals surface area contributed by atoms with Gasteiger partial charge in [0.1, 0.15) is 5.82 Å². The molecule has 1 aromatic carbocycles. The summed E-state index contributed by atoms with van der Waals surface area (Å²) < 4.78 is 18.5. The van der Waals surface area contributed by atoms with Crippen LogP contribution < -0.4 is 5.32 Å². The quantitative estimate of drug-likeness (QED) is 0.769. The van der Waals surface area contributed by atoms with Gasteiger partial charge in [-0.2, -0.15) is 0 Å². The third kappa shape index (κ3) is 7.40. The zero-order valence-corrected chi connectivity index (χ0v) is 15.3. The average Bonchev–Trinajstić information content (AvgIpc) is 2.82. The third-order valence-electron chi connectivity index (χ3n) is 4.24. The highest BCUT2D eigenvalue weighted by Crippen LogP contribution is 2.10. The predicted molar refractivity (Wildman–Crippen MR) is 97.0 cm³/mol. The van der Waals surface area contributed by atoms with Crippen LogP contribution in [0.4, 0.5) is 9.18 Å². The van der Waals surface area contributed by atoms with Crippen molar-refractivity contribution >= 4 is 6.03 Å². The molecular weight excluding hydrogens is 321 g/mol. The minimum atomic E-state index is -0.207. The van der Waals surface area contributed by atoms with Gasteiger partial charge in [-0.05, 0) is 44.4 Å². The Hall–Kier alpha value is -1.66. The van der Waals surface area contributed by atoms with Crippen molar-refractivity contribution in [1.29, 1.82) is 0 Å². The van der Waals surface area contributed by atoms with Crippen LogP contribution in [0.1, 0.15) is 32.3 Å². The van der Waals surface area contributed by atoms with Crippen molar-refractivity contribution in [3.63, 3.8) is 0 Å². The van der Waals surface area contributed by atoms with Crippen LogP contribution in [0.5, 0.6) is 0 Å². The van der Waals surface area contributed by atoms with Crippen molar-refractivity contribution in [2.24, 2.45) is 0 Å². The Morgan fingerprint density at radius 2 is 1.96 bits per heavy atom. The second kappa shape index (κ2) is 10.4. The maximum Gasteiger partial charge on any atom is 0.317 e. The molecule has 1 N–H and O–H groups in total. The normalized spacial score (nSPS) is 16.1. The van der Waals surface area contributed by atoms with Gasteiger partial charge in [-0.3, -0.25) is 4.90 Å². The number of hydrogen-bond donors (Lipinski definition) is 1. The maximum absolute atomic E-state index is 13.0. The van der Waals surface area contributed by atoms with Gasteiger partial charge in [-0.15, -0.1) is 0 Å². The van der Waals surface area contributed by atoms with Crippen molar-refractivity contribution in [3.05, 3.63) is 35.6 Å². The number of ether oxygens (including phenoxy) is 1. The number of benzene rings is 1. The van der Waals surface area contributed by atoms with Crippen LogP contribution in [0.2, 0.25) is 0 Å². The Morgan fingerprint density at radius 1 is 1.20 bits per heavy atom. The second-order valence-corrected chi connectivity index (χ2v) is 6.75. The number of halogens is 1. The number of carbonyl (C=O) groups is 1. The van der Waals surface area contributed by atoms with Crippen molar-refractivity contribution in [2.45, 2.75) is 39.3 Å². The Labute approximate surface area is 150 Å². The number of hydrogen-bond acceptors (Lipinski definition) is 3. The zero-order valence-electron chi connectivity index (χ0n) is 15.3. The molecule has 0 radical (unpaired) electrons. The molecule has 1 heterocycles. The fourth-order valence-electron chi connectivity index (χ4n) is 2.88. The number of rotatable bonds is 7. The minimum absolute atomic E-state index is 0.00757. The molecule has 1 fully saturated rings. The molecule has 140 valence electrons. The van der Waals surface area contributed by atoms with Crippen LogP contribution in [0.15, 0.2) is 24.3 Å². The van der Waals surface area contributed by atoms with Crippen LogP contribution in [0.3, 0.4) is 0 Å². The van der Waals surface area contributed by atoms with E-state index >= 15 is 0 Å². The van der Waals surface area contributed by atoms with Gasteiger partial charge in [-0.25, -0.2) is 9.18 Å². The summed E-state index contributed by atoms with van der Waals surface area (Å²) in [6, 6.07) is 6.65. The third-order valence-corrected chi connectivity index (χ3v) is 4.24. The molecule has 1 aliphatic rings. The topological polar surface area (TPSA) is 44.8 Å². The molecule has 2 amide bonds. The Balaban J connectivity index is 1.69. The van der Waals surface area contributed by atoms with E-state index in [4.69, 9.17) is 4.74 Å². The van der Waals surface area contributed by atoms with E-state index in [-0.39, 0.29) is 18.0 Å². The lowest BCUT2D eigenvalue weighted by Gasteiger charge is -2.22. The monoisotopic (exact) mass is 351 g/mol. The van der Waals surface area contributed by atoms with E-state index in [1.807, 2.05) is 30.9 Å². The number of carbonyl (C=O) groups excluding carboxylic acids is 1. The van der Waals surface area contributed by atoms with E-state index in [0.29, 0.717) is 13.2 Å². The van der Waals surface area contributed by atoms with E-state index in [9.17, 15) is 9.18 Å². The van der Waals surface area contributed by atoms with Gasteiger partial charge in [0.25, 0.3) is 0 Å². The van der Waals surface area contributed by atoms with Gasteiger partial charge in [-0.1, -0.05) is 12.1 Å². The highest BCUT2D eigenvalue weighted by atomic mass is 19.1. The largest absolute Gasteiger partial charge is 0.379 e. The van der Waals surface area contributed by atoms with E-state index in [1.54, 1.807) is 0 Å². The first kappa shape index (κ1) is 19.7. The van der Waals surface area contributed by atoms with Crippen molar-refractivity contribution in [3.8, 4) is 0 Å². The van der Waals surface area contributed by atoms with Crippen LogP contribution in [0.25, 0.3) is 0 Å². The molecule has 1 aliphatic heterocycles. The molecule has 0 bridgehead atoms. The molecule has 5 nitrogen and oxygen atoms in total. The molecule has 0 aliphatic carbocycles. The minimum Gasteiger partial charge on any atom is -0.379 e. The summed E-state index contributed by atoms with van der Waals surface area (Å²) in [7, 11) is 0. The number of urea groups is 1. The van der Waals surface area contributed by atoms with Crippen LogP contribution in [-0.2, 0) is 11.3 Å². The molecule has 0 aromatic heterocycles.